The first-order valence-electron chi connectivity index (χ1n) is 6.89. The number of benzene rings is 1. The Bertz CT molecular complexity index is 804. The van der Waals surface area contributed by atoms with Gasteiger partial charge in [0, 0.05) is 23.9 Å². The molecule has 0 unspecified atom stereocenters. The van der Waals surface area contributed by atoms with Crippen LogP contribution in [0.25, 0.3) is 11.3 Å². The Labute approximate surface area is 126 Å². The second-order valence-electron chi connectivity index (χ2n) is 5.05. The molecule has 0 N–H and O–H groups in total. The Kier molecular flexibility index (Phi) is 2.93. The van der Waals surface area contributed by atoms with Crippen molar-refractivity contribution < 1.29 is 9.21 Å². The van der Waals surface area contributed by atoms with Crippen LogP contribution in [0.4, 0.5) is 0 Å². The van der Waals surface area contributed by atoms with Crippen LogP contribution in [0.15, 0.2) is 53.5 Å². The molecule has 0 saturated carbocycles. The first kappa shape index (κ1) is 12.7. The lowest BCUT2D eigenvalue weighted by molar-refractivity contribution is 0.0711. The fourth-order valence-corrected chi connectivity index (χ4v) is 2.49. The van der Waals surface area contributed by atoms with Gasteiger partial charge in [0.15, 0.2) is 5.76 Å². The zero-order chi connectivity index (χ0) is 14.9. The molecule has 2 aromatic heterocycles. The van der Waals surface area contributed by atoms with Crippen LogP contribution < -0.4 is 0 Å². The quantitative estimate of drug-likeness (QED) is 0.724. The van der Waals surface area contributed by atoms with Crippen LogP contribution in [0.3, 0.4) is 0 Å². The molecule has 0 aliphatic carbocycles. The molecule has 1 aromatic carbocycles. The third-order valence-corrected chi connectivity index (χ3v) is 3.62. The van der Waals surface area contributed by atoms with E-state index in [1.54, 1.807) is 17.3 Å². The average Bonchev–Trinajstić information content (AvgIpc) is 3.22. The summed E-state index contributed by atoms with van der Waals surface area (Å²) in [6, 6.07) is 9.57. The van der Waals surface area contributed by atoms with E-state index < -0.39 is 0 Å². The summed E-state index contributed by atoms with van der Waals surface area (Å²) >= 11 is 0. The molecule has 3 aromatic rings. The standard InChI is InChI=1S/C16H12N4O2/c21-16(20-8-12-6-17-10-19-13(12)9-20)15-18-7-14(22-15)11-4-2-1-3-5-11/h1-7,10H,8-9H2. The zero-order valence-electron chi connectivity index (χ0n) is 11.6. The van der Waals surface area contributed by atoms with E-state index in [1.165, 1.54) is 6.33 Å². The maximum absolute atomic E-state index is 12.5. The second-order valence-corrected chi connectivity index (χ2v) is 5.05. The van der Waals surface area contributed by atoms with Gasteiger partial charge in [0.25, 0.3) is 5.89 Å². The zero-order valence-corrected chi connectivity index (χ0v) is 11.6. The lowest BCUT2D eigenvalue weighted by atomic mass is 10.2. The number of aromatic nitrogens is 3. The van der Waals surface area contributed by atoms with Crippen molar-refractivity contribution >= 4 is 5.91 Å². The summed E-state index contributed by atoms with van der Waals surface area (Å²) in [6.07, 6.45) is 4.80. The summed E-state index contributed by atoms with van der Waals surface area (Å²) in [5.74, 6) is 0.445. The number of rotatable bonds is 2. The van der Waals surface area contributed by atoms with Gasteiger partial charge in [0.05, 0.1) is 18.4 Å². The predicted molar refractivity (Wildman–Crippen MR) is 77.5 cm³/mol. The van der Waals surface area contributed by atoms with Gasteiger partial charge < -0.3 is 9.32 Å². The molecule has 0 bridgehead atoms. The number of oxazole rings is 1. The first-order chi connectivity index (χ1) is 10.8. The fourth-order valence-electron chi connectivity index (χ4n) is 2.49. The molecule has 3 heterocycles. The molecule has 0 spiro atoms. The summed E-state index contributed by atoms with van der Waals surface area (Å²) in [6.45, 7) is 0.942. The van der Waals surface area contributed by atoms with E-state index in [-0.39, 0.29) is 11.8 Å². The van der Waals surface area contributed by atoms with Crippen LogP contribution in [0.1, 0.15) is 21.9 Å². The van der Waals surface area contributed by atoms with E-state index in [2.05, 4.69) is 15.0 Å². The van der Waals surface area contributed by atoms with Crippen molar-refractivity contribution in [2.45, 2.75) is 13.1 Å². The molecule has 0 radical (unpaired) electrons. The van der Waals surface area contributed by atoms with Crippen molar-refractivity contribution in [3.05, 3.63) is 66.2 Å². The number of carbonyl (C=O) groups excluding carboxylic acids is 1. The second kappa shape index (κ2) is 5.07. The minimum atomic E-state index is -0.236. The van der Waals surface area contributed by atoms with Crippen molar-refractivity contribution in [2.75, 3.05) is 0 Å². The smallest absolute Gasteiger partial charge is 0.310 e. The van der Waals surface area contributed by atoms with Crippen molar-refractivity contribution in [1.82, 2.24) is 19.9 Å². The molecule has 6 heteroatoms. The van der Waals surface area contributed by atoms with Crippen LogP contribution >= 0.6 is 0 Å². The summed E-state index contributed by atoms with van der Waals surface area (Å²) in [7, 11) is 0. The van der Waals surface area contributed by atoms with Crippen LogP contribution in [0, 0.1) is 0 Å². The van der Waals surface area contributed by atoms with E-state index >= 15 is 0 Å². The molecular weight excluding hydrogens is 280 g/mol. The molecule has 1 amide bonds. The lowest BCUT2D eigenvalue weighted by Crippen LogP contribution is -2.25. The van der Waals surface area contributed by atoms with E-state index in [4.69, 9.17) is 4.42 Å². The Morgan fingerprint density at radius 3 is 2.77 bits per heavy atom. The summed E-state index contributed by atoms with van der Waals surface area (Å²) in [5.41, 5.74) is 2.73. The molecule has 22 heavy (non-hydrogen) atoms. The fraction of sp³-hybridized carbons (Fsp3) is 0.125. The number of amides is 1. The van der Waals surface area contributed by atoms with Gasteiger partial charge in [-0.3, -0.25) is 4.79 Å². The lowest BCUT2D eigenvalue weighted by Gasteiger charge is -2.11. The van der Waals surface area contributed by atoms with E-state index in [1.807, 2.05) is 30.3 Å². The largest absolute Gasteiger partial charge is 0.432 e. The van der Waals surface area contributed by atoms with Gasteiger partial charge in [0.2, 0.25) is 0 Å². The summed E-state index contributed by atoms with van der Waals surface area (Å²) < 4.78 is 5.60. The van der Waals surface area contributed by atoms with Crippen molar-refractivity contribution in [1.29, 1.82) is 0 Å². The van der Waals surface area contributed by atoms with E-state index in [0.717, 1.165) is 16.8 Å². The molecule has 6 nitrogen and oxygen atoms in total. The highest BCUT2D eigenvalue weighted by molar-refractivity contribution is 5.90. The van der Waals surface area contributed by atoms with Gasteiger partial charge in [-0.1, -0.05) is 30.3 Å². The average molecular weight is 292 g/mol. The van der Waals surface area contributed by atoms with Crippen LogP contribution in [-0.2, 0) is 13.1 Å². The van der Waals surface area contributed by atoms with Crippen molar-refractivity contribution in [3.63, 3.8) is 0 Å². The van der Waals surface area contributed by atoms with Gasteiger partial charge in [0.1, 0.15) is 6.33 Å². The third-order valence-electron chi connectivity index (χ3n) is 3.62. The molecule has 0 saturated heterocycles. The first-order valence-corrected chi connectivity index (χ1v) is 6.89. The van der Waals surface area contributed by atoms with Gasteiger partial charge in [-0.15, -0.1) is 0 Å². The molecule has 1 aliphatic rings. The maximum atomic E-state index is 12.5. The number of carbonyl (C=O) groups is 1. The highest BCUT2D eigenvalue weighted by atomic mass is 16.4. The Morgan fingerprint density at radius 1 is 1.09 bits per heavy atom. The van der Waals surface area contributed by atoms with Gasteiger partial charge in [-0.2, -0.15) is 0 Å². The summed E-state index contributed by atoms with van der Waals surface area (Å²) in [5, 5.41) is 0. The van der Waals surface area contributed by atoms with Gasteiger partial charge in [-0.25, -0.2) is 15.0 Å². The Morgan fingerprint density at radius 2 is 1.95 bits per heavy atom. The van der Waals surface area contributed by atoms with Crippen LogP contribution in [-0.4, -0.2) is 25.8 Å². The molecule has 0 fully saturated rings. The molecule has 4 rings (SSSR count). The maximum Gasteiger partial charge on any atom is 0.310 e. The topological polar surface area (TPSA) is 72.1 Å². The van der Waals surface area contributed by atoms with E-state index in [9.17, 15) is 4.79 Å². The molecular formula is C16H12N4O2. The highest BCUT2D eigenvalue weighted by Crippen LogP contribution is 2.24. The molecule has 108 valence electrons. The van der Waals surface area contributed by atoms with Crippen molar-refractivity contribution in [3.8, 4) is 11.3 Å². The Hall–Kier alpha value is -3.02. The summed E-state index contributed by atoms with van der Waals surface area (Å²) in [4.78, 5) is 26.4. The number of hydrogen-bond donors (Lipinski definition) is 0. The minimum Gasteiger partial charge on any atom is -0.432 e. The number of hydrogen-bond acceptors (Lipinski definition) is 5. The monoisotopic (exact) mass is 292 g/mol. The minimum absolute atomic E-state index is 0.0969. The Balaban J connectivity index is 1.57. The predicted octanol–water partition coefficient (Wildman–Crippen LogP) is 2.29. The van der Waals surface area contributed by atoms with Crippen LogP contribution in [0.5, 0.6) is 0 Å². The van der Waals surface area contributed by atoms with Gasteiger partial charge >= 0.3 is 5.91 Å². The van der Waals surface area contributed by atoms with Crippen molar-refractivity contribution in [2.24, 2.45) is 0 Å². The van der Waals surface area contributed by atoms with Crippen LogP contribution in [0.2, 0.25) is 0 Å². The molecule has 0 atom stereocenters. The van der Waals surface area contributed by atoms with E-state index in [0.29, 0.717) is 18.8 Å². The highest BCUT2D eigenvalue weighted by Gasteiger charge is 2.28. The normalized spacial score (nSPS) is 13.2. The number of nitrogens with zero attached hydrogens (tertiary/aromatic N) is 4. The SMILES string of the molecule is O=C(c1ncc(-c2ccccc2)o1)N1Cc2cncnc2C1. The number of fused-ring (bicyclic) bond motifs is 1. The third kappa shape index (κ3) is 2.14. The molecule has 1 aliphatic heterocycles. The van der Waals surface area contributed by atoms with Gasteiger partial charge in [-0.05, 0) is 0 Å².